The topological polar surface area (TPSA) is 29.9 Å². The average Bonchev–Trinajstić information content (AvgIpc) is 2.55. The van der Waals surface area contributed by atoms with Crippen LogP contribution >= 0.6 is 0 Å². The molecule has 1 heterocycles. The van der Waals surface area contributed by atoms with Crippen molar-refractivity contribution >= 4 is 0 Å². The van der Waals surface area contributed by atoms with E-state index in [0.29, 0.717) is 0 Å². The minimum atomic E-state index is 0.757. The number of imidazole rings is 1. The van der Waals surface area contributed by atoms with E-state index in [0.717, 1.165) is 30.8 Å². The van der Waals surface area contributed by atoms with E-state index in [1.54, 1.807) is 0 Å². The lowest BCUT2D eigenvalue weighted by Gasteiger charge is -2.38. The summed E-state index contributed by atoms with van der Waals surface area (Å²) in [7, 11) is 2.06. The highest BCUT2D eigenvalue weighted by Gasteiger charge is 2.30. The Morgan fingerprint density at radius 3 is 2.81 bits per heavy atom. The van der Waals surface area contributed by atoms with Gasteiger partial charge < -0.3 is 9.88 Å². The first-order chi connectivity index (χ1) is 7.66. The third kappa shape index (κ3) is 2.64. The number of aromatic nitrogens is 2. The molecule has 0 spiro atoms. The molecule has 0 amide bonds. The molecule has 3 heteroatoms. The highest BCUT2D eigenvalue weighted by molar-refractivity contribution is 4.93. The maximum Gasteiger partial charge on any atom is 0.109 e. The van der Waals surface area contributed by atoms with Gasteiger partial charge in [0.05, 0.1) is 0 Å². The van der Waals surface area contributed by atoms with Crippen molar-refractivity contribution < 1.29 is 0 Å². The number of hydrogen-bond donors (Lipinski definition) is 1. The van der Waals surface area contributed by atoms with Crippen molar-refractivity contribution in [3.63, 3.8) is 0 Å². The monoisotopic (exact) mass is 221 g/mol. The van der Waals surface area contributed by atoms with E-state index in [2.05, 4.69) is 35.8 Å². The van der Waals surface area contributed by atoms with E-state index in [4.69, 9.17) is 0 Å². The van der Waals surface area contributed by atoms with Gasteiger partial charge in [0.15, 0.2) is 0 Å². The molecule has 0 aromatic carbocycles. The van der Waals surface area contributed by atoms with Crippen molar-refractivity contribution in [1.82, 2.24) is 14.9 Å². The minimum Gasteiger partial charge on any atom is -0.338 e. The smallest absolute Gasteiger partial charge is 0.109 e. The summed E-state index contributed by atoms with van der Waals surface area (Å²) in [5.74, 6) is 2.98. The van der Waals surface area contributed by atoms with Crippen LogP contribution in [0.25, 0.3) is 0 Å². The maximum absolute atomic E-state index is 4.32. The quantitative estimate of drug-likeness (QED) is 0.824. The molecular formula is C13H23N3. The summed E-state index contributed by atoms with van der Waals surface area (Å²) in [4.78, 5) is 4.32. The number of nitrogens with one attached hydrogen (secondary N) is 1. The predicted molar refractivity (Wildman–Crippen MR) is 66.3 cm³/mol. The van der Waals surface area contributed by atoms with Gasteiger partial charge in [0, 0.05) is 38.4 Å². The molecule has 16 heavy (non-hydrogen) atoms. The molecular weight excluding hydrogens is 198 g/mol. The molecule has 0 unspecified atom stereocenters. The van der Waals surface area contributed by atoms with Gasteiger partial charge in [-0.1, -0.05) is 13.8 Å². The molecule has 1 saturated carbocycles. The van der Waals surface area contributed by atoms with Crippen molar-refractivity contribution in [2.75, 3.05) is 6.54 Å². The van der Waals surface area contributed by atoms with Crippen molar-refractivity contribution in [1.29, 1.82) is 0 Å². The molecule has 1 aromatic heterocycles. The van der Waals surface area contributed by atoms with Crippen LogP contribution in [0.15, 0.2) is 12.4 Å². The normalized spacial score (nSPS) is 24.8. The zero-order valence-corrected chi connectivity index (χ0v) is 10.6. The predicted octanol–water partition coefficient (Wildman–Crippen LogP) is 1.99. The number of aryl methyl sites for hydroxylation is 1. The van der Waals surface area contributed by atoms with E-state index < -0.39 is 0 Å². The van der Waals surface area contributed by atoms with Crippen LogP contribution < -0.4 is 5.32 Å². The zero-order chi connectivity index (χ0) is 11.5. The Balaban J connectivity index is 1.62. The standard InChI is InChI=1S/C13H23N3/c1-10(2)11-8-12(9-11)14-5-4-13-15-6-7-16(13)3/h6-7,10-12,14H,4-5,8-9H2,1-3H3. The summed E-state index contributed by atoms with van der Waals surface area (Å²) >= 11 is 0. The van der Waals surface area contributed by atoms with Gasteiger partial charge in [-0.25, -0.2) is 4.98 Å². The Morgan fingerprint density at radius 1 is 1.50 bits per heavy atom. The van der Waals surface area contributed by atoms with Gasteiger partial charge in [-0.3, -0.25) is 0 Å². The Labute approximate surface area is 98.3 Å². The lowest BCUT2D eigenvalue weighted by Crippen LogP contribution is -2.43. The van der Waals surface area contributed by atoms with Gasteiger partial charge in [0.2, 0.25) is 0 Å². The van der Waals surface area contributed by atoms with E-state index >= 15 is 0 Å². The summed E-state index contributed by atoms with van der Waals surface area (Å²) in [6.07, 6.45) is 7.63. The first kappa shape index (κ1) is 11.6. The van der Waals surface area contributed by atoms with Crippen molar-refractivity contribution in [2.45, 2.75) is 39.2 Å². The molecule has 0 radical (unpaired) electrons. The van der Waals surface area contributed by atoms with E-state index in [1.165, 1.54) is 18.7 Å². The molecule has 3 nitrogen and oxygen atoms in total. The molecule has 0 aliphatic heterocycles. The summed E-state index contributed by atoms with van der Waals surface area (Å²) in [6.45, 7) is 5.71. The van der Waals surface area contributed by atoms with Crippen LogP contribution in [-0.2, 0) is 13.5 Å². The molecule has 0 saturated heterocycles. The Hall–Kier alpha value is -0.830. The minimum absolute atomic E-state index is 0.757. The first-order valence-electron chi connectivity index (χ1n) is 6.36. The van der Waals surface area contributed by atoms with Gasteiger partial charge in [0.1, 0.15) is 5.82 Å². The van der Waals surface area contributed by atoms with Crippen LogP contribution in [-0.4, -0.2) is 22.1 Å². The molecule has 1 aromatic rings. The highest BCUT2D eigenvalue weighted by atomic mass is 15.0. The number of hydrogen-bond acceptors (Lipinski definition) is 2. The van der Waals surface area contributed by atoms with Gasteiger partial charge in [0.25, 0.3) is 0 Å². The van der Waals surface area contributed by atoms with Crippen molar-refractivity contribution in [2.24, 2.45) is 18.9 Å². The second-order valence-corrected chi connectivity index (χ2v) is 5.33. The number of rotatable bonds is 5. The average molecular weight is 221 g/mol. The molecule has 1 N–H and O–H groups in total. The Morgan fingerprint density at radius 2 is 2.25 bits per heavy atom. The molecule has 1 aliphatic carbocycles. The second kappa shape index (κ2) is 5.00. The van der Waals surface area contributed by atoms with E-state index in [1.807, 2.05) is 12.4 Å². The van der Waals surface area contributed by atoms with Gasteiger partial charge in [-0.2, -0.15) is 0 Å². The largest absolute Gasteiger partial charge is 0.338 e. The van der Waals surface area contributed by atoms with Crippen LogP contribution in [0.2, 0.25) is 0 Å². The van der Waals surface area contributed by atoms with Crippen LogP contribution in [0.1, 0.15) is 32.5 Å². The van der Waals surface area contributed by atoms with Crippen molar-refractivity contribution in [3.05, 3.63) is 18.2 Å². The van der Waals surface area contributed by atoms with Crippen LogP contribution in [0.5, 0.6) is 0 Å². The molecule has 0 bridgehead atoms. The van der Waals surface area contributed by atoms with Crippen molar-refractivity contribution in [3.8, 4) is 0 Å². The first-order valence-corrected chi connectivity index (χ1v) is 6.36. The maximum atomic E-state index is 4.32. The lowest BCUT2D eigenvalue weighted by atomic mass is 9.74. The van der Waals surface area contributed by atoms with E-state index in [-0.39, 0.29) is 0 Å². The molecule has 1 aliphatic rings. The fourth-order valence-electron chi connectivity index (χ4n) is 2.40. The number of nitrogens with zero attached hydrogens (tertiary/aromatic N) is 2. The third-order valence-corrected chi connectivity index (χ3v) is 3.82. The fourth-order valence-corrected chi connectivity index (χ4v) is 2.40. The molecule has 1 fully saturated rings. The SMILES string of the molecule is CC(C)C1CC(NCCc2nccn2C)C1. The molecule has 0 atom stereocenters. The summed E-state index contributed by atoms with van der Waals surface area (Å²) in [5.41, 5.74) is 0. The Kier molecular flexibility index (Phi) is 3.64. The highest BCUT2D eigenvalue weighted by Crippen LogP contribution is 2.33. The third-order valence-electron chi connectivity index (χ3n) is 3.82. The zero-order valence-electron chi connectivity index (χ0n) is 10.6. The lowest BCUT2D eigenvalue weighted by molar-refractivity contribution is 0.169. The van der Waals surface area contributed by atoms with Crippen LogP contribution in [0, 0.1) is 11.8 Å². The summed E-state index contributed by atoms with van der Waals surface area (Å²) in [6, 6.07) is 0.757. The van der Waals surface area contributed by atoms with Crippen LogP contribution in [0.4, 0.5) is 0 Å². The van der Waals surface area contributed by atoms with Gasteiger partial charge >= 0.3 is 0 Å². The van der Waals surface area contributed by atoms with Crippen LogP contribution in [0.3, 0.4) is 0 Å². The molecule has 2 rings (SSSR count). The van der Waals surface area contributed by atoms with Gasteiger partial charge in [-0.15, -0.1) is 0 Å². The summed E-state index contributed by atoms with van der Waals surface area (Å²) in [5, 5.41) is 3.62. The van der Waals surface area contributed by atoms with Gasteiger partial charge in [-0.05, 0) is 24.7 Å². The second-order valence-electron chi connectivity index (χ2n) is 5.33. The fraction of sp³-hybridized carbons (Fsp3) is 0.769. The molecule has 90 valence electrons. The van der Waals surface area contributed by atoms with E-state index in [9.17, 15) is 0 Å². The Bertz CT molecular complexity index is 324. The summed E-state index contributed by atoms with van der Waals surface area (Å²) < 4.78 is 2.10.